The van der Waals surface area contributed by atoms with Crippen LogP contribution in [0, 0.1) is 5.41 Å². The normalized spacial score (nSPS) is 17.4. The first-order chi connectivity index (χ1) is 17.2. The van der Waals surface area contributed by atoms with E-state index in [0.29, 0.717) is 12.0 Å². The van der Waals surface area contributed by atoms with Crippen LogP contribution in [0.2, 0.25) is 0 Å². The van der Waals surface area contributed by atoms with Crippen molar-refractivity contribution in [3.05, 3.63) is 72.8 Å². The lowest BCUT2D eigenvalue weighted by Crippen LogP contribution is -2.54. The molecule has 35 heavy (non-hydrogen) atoms. The highest BCUT2D eigenvalue weighted by molar-refractivity contribution is 5.59. The Morgan fingerprint density at radius 2 is 1.77 bits per heavy atom. The molecule has 6 heterocycles. The predicted molar refractivity (Wildman–Crippen MR) is 129 cm³/mol. The largest absolute Gasteiger partial charge is 0.306 e. The minimum atomic E-state index is 0.548. The standard InChI is InChI=1S/C25H26N10/c1-2-6-25(5-1)17-32(18-25)12-19-3-4-24-29-21(14-33(24)13-19)15-34-16-23(30-31-34)20-9-22(11-26-10-20)35-27-7-8-28-35/h3-4,7-11,13-14,16H,1-2,5-6,12,15,17-18H2. The smallest absolute Gasteiger partial charge is 0.137 e. The maximum atomic E-state index is 4.78. The topological polar surface area (TPSA) is 94.8 Å². The monoisotopic (exact) mass is 466 g/mol. The zero-order valence-corrected chi connectivity index (χ0v) is 19.4. The molecule has 0 N–H and O–H groups in total. The summed E-state index contributed by atoms with van der Waals surface area (Å²) < 4.78 is 3.93. The summed E-state index contributed by atoms with van der Waals surface area (Å²) in [6.45, 7) is 4.07. The van der Waals surface area contributed by atoms with Crippen LogP contribution < -0.4 is 0 Å². The quantitative estimate of drug-likeness (QED) is 0.380. The Morgan fingerprint density at radius 3 is 2.63 bits per heavy atom. The van der Waals surface area contributed by atoms with Gasteiger partial charge in [-0.05, 0) is 36.0 Å². The number of nitrogens with zero attached hydrogens (tertiary/aromatic N) is 10. The number of rotatable bonds is 6. The molecule has 0 radical (unpaired) electrons. The Hall–Kier alpha value is -3.92. The van der Waals surface area contributed by atoms with Gasteiger partial charge in [0, 0.05) is 43.8 Å². The van der Waals surface area contributed by atoms with Crippen LogP contribution in [0.25, 0.3) is 22.6 Å². The van der Waals surface area contributed by atoms with Crippen LogP contribution in [0.1, 0.15) is 36.9 Å². The van der Waals surface area contributed by atoms with E-state index in [4.69, 9.17) is 4.98 Å². The molecule has 0 bridgehead atoms. The molecule has 10 nitrogen and oxygen atoms in total. The number of aromatic nitrogens is 9. The fraction of sp³-hybridized carbons (Fsp3) is 0.360. The first kappa shape index (κ1) is 20.5. The van der Waals surface area contributed by atoms with Gasteiger partial charge < -0.3 is 4.40 Å². The summed E-state index contributed by atoms with van der Waals surface area (Å²) in [5, 5.41) is 17.0. The van der Waals surface area contributed by atoms with Gasteiger partial charge in [0.15, 0.2) is 0 Å². The molecule has 1 aliphatic carbocycles. The molecule has 0 unspecified atom stereocenters. The van der Waals surface area contributed by atoms with Crippen LogP contribution in [0.3, 0.4) is 0 Å². The van der Waals surface area contributed by atoms with Gasteiger partial charge in [0.1, 0.15) is 17.0 Å². The average Bonchev–Trinajstić information content (AvgIpc) is 3.65. The second-order valence-corrected chi connectivity index (χ2v) is 9.94. The number of pyridine rings is 2. The van der Waals surface area contributed by atoms with Crippen LogP contribution in [0.5, 0.6) is 0 Å². The van der Waals surface area contributed by atoms with E-state index in [1.54, 1.807) is 29.5 Å². The molecular formula is C25H26N10. The van der Waals surface area contributed by atoms with E-state index in [2.05, 4.69) is 59.3 Å². The number of hydrogen-bond acceptors (Lipinski definition) is 7. The van der Waals surface area contributed by atoms with E-state index in [9.17, 15) is 0 Å². The van der Waals surface area contributed by atoms with E-state index in [1.165, 1.54) is 49.1 Å². The van der Waals surface area contributed by atoms with Crippen molar-refractivity contribution in [1.29, 1.82) is 0 Å². The highest BCUT2D eigenvalue weighted by atomic mass is 15.5. The third-order valence-electron chi connectivity index (χ3n) is 7.28. The van der Waals surface area contributed by atoms with Gasteiger partial charge in [-0.15, -0.1) is 5.10 Å². The number of fused-ring (bicyclic) bond motifs is 1. The van der Waals surface area contributed by atoms with Gasteiger partial charge in [0.2, 0.25) is 0 Å². The zero-order chi connectivity index (χ0) is 23.2. The van der Waals surface area contributed by atoms with E-state index in [-0.39, 0.29) is 0 Å². The summed E-state index contributed by atoms with van der Waals surface area (Å²) in [5.74, 6) is 0. The second-order valence-electron chi connectivity index (χ2n) is 9.94. The molecule has 5 aromatic heterocycles. The van der Waals surface area contributed by atoms with E-state index in [1.807, 2.05) is 12.3 Å². The molecule has 2 fully saturated rings. The first-order valence-corrected chi connectivity index (χ1v) is 12.1. The Kier molecular flexibility index (Phi) is 4.73. The number of imidazole rings is 1. The Bertz CT molecular complexity index is 1470. The summed E-state index contributed by atoms with van der Waals surface area (Å²) >= 11 is 0. The van der Waals surface area contributed by atoms with Crippen molar-refractivity contribution < 1.29 is 0 Å². The zero-order valence-electron chi connectivity index (χ0n) is 19.4. The molecule has 1 saturated carbocycles. The van der Waals surface area contributed by atoms with Crippen molar-refractivity contribution in [1.82, 2.24) is 49.3 Å². The first-order valence-electron chi connectivity index (χ1n) is 12.1. The molecule has 1 spiro atoms. The van der Waals surface area contributed by atoms with Crippen LogP contribution in [0.15, 0.2) is 61.6 Å². The Morgan fingerprint density at radius 1 is 0.914 bits per heavy atom. The maximum absolute atomic E-state index is 4.78. The van der Waals surface area contributed by atoms with E-state index >= 15 is 0 Å². The van der Waals surface area contributed by atoms with Crippen LogP contribution in [0.4, 0.5) is 0 Å². The summed E-state index contributed by atoms with van der Waals surface area (Å²) in [6, 6.07) is 6.26. The SMILES string of the molecule is c1cnn(-c2cncc(-c3cn(Cc4cn5cc(CN6CC7(CCCC7)C6)ccc5n4)nn3)c2)n1. The lowest BCUT2D eigenvalue weighted by molar-refractivity contribution is -0.000325. The summed E-state index contributed by atoms with van der Waals surface area (Å²) in [5.41, 5.74) is 6.23. The minimum absolute atomic E-state index is 0.548. The lowest BCUT2D eigenvalue weighted by atomic mass is 9.78. The van der Waals surface area contributed by atoms with Crippen molar-refractivity contribution in [3.8, 4) is 16.9 Å². The second kappa shape index (κ2) is 8.09. The van der Waals surface area contributed by atoms with Crippen molar-refractivity contribution in [2.45, 2.75) is 38.8 Å². The molecule has 7 rings (SSSR count). The third-order valence-corrected chi connectivity index (χ3v) is 7.28. The van der Waals surface area contributed by atoms with Crippen LogP contribution in [-0.4, -0.2) is 62.3 Å². The van der Waals surface area contributed by atoms with E-state index in [0.717, 1.165) is 34.8 Å². The van der Waals surface area contributed by atoms with Crippen LogP contribution in [-0.2, 0) is 13.1 Å². The molecule has 0 aromatic carbocycles. The van der Waals surface area contributed by atoms with Gasteiger partial charge >= 0.3 is 0 Å². The fourth-order valence-electron chi connectivity index (χ4n) is 5.67. The predicted octanol–water partition coefficient (Wildman–Crippen LogP) is 2.99. The van der Waals surface area contributed by atoms with Crippen molar-refractivity contribution in [3.63, 3.8) is 0 Å². The highest BCUT2D eigenvalue weighted by Gasteiger charge is 2.44. The summed E-state index contributed by atoms with van der Waals surface area (Å²) in [6.07, 6.45) is 18.6. The van der Waals surface area contributed by atoms with Gasteiger partial charge in [-0.1, -0.05) is 24.1 Å². The van der Waals surface area contributed by atoms with E-state index < -0.39 is 0 Å². The molecule has 10 heteroatoms. The van der Waals surface area contributed by atoms with Crippen LogP contribution >= 0.6 is 0 Å². The number of hydrogen-bond donors (Lipinski definition) is 0. The average molecular weight is 467 g/mol. The van der Waals surface area contributed by atoms with Gasteiger partial charge in [0.25, 0.3) is 0 Å². The van der Waals surface area contributed by atoms with Crippen molar-refractivity contribution in [2.24, 2.45) is 5.41 Å². The van der Waals surface area contributed by atoms with Gasteiger partial charge in [-0.25, -0.2) is 9.67 Å². The van der Waals surface area contributed by atoms with Crippen molar-refractivity contribution in [2.75, 3.05) is 13.1 Å². The molecule has 176 valence electrons. The molecule has 1 saturated heterocycles. The Balaban J connectivity index is 1.05. The molecule has 5 aromatic rings. The lowest BCUT2D eigenvalue weighted by Gasteiger charge is -2.48. The molecular weight excluding hydrogens is 440 g/mol. The summed E-state index contributed by atoms with van der Waals surface area (Å²) in [4.78, 5) is 13.2. The number of likely N-dealkylation sites (tertiary alicyclic amines) is 1. The highest BCUT2D eigenvalue weighted by Crippen LogP contribution is 2.45. The molecule has 0 amide bonds. The third kappa shape index (κ3) is 3.89. The van der Waals surface area contributed by atoms with Crippen molar-refractivity contribution >= 4 is 5.65 Å². The Labute approximate surface area is 202 Å². The van der Waals surface area contributed by atoms with Gasteiger partial charge in [-0.3, -0.25) is 9.88 Å². The fourth-order valence-corrected chi connectivity index (χ4v) is 5.67. The summed E-state index contributed by atoms with van der Waals surface area (Å²) in [7, 11) is 0. The minimum Gasteiger partial charge on any atom is -0.306 e. The van der Waals surface area contributed by atoms with Gasteiger partial charge in [0.05, 0.1) is 37.0 Å². The maximum Gasteiger partial charge on any atom is 0.137 e. The molecule has 2 aliphatic rings. The molecule has 0 atom stereocenters. The molecule has 1 aliphatic heterocycles. The van der Waals surface area contributed by atoms with Gasteiger partial charge in [-0.2, -0.15) is 15.0 Å².